The Kier molecular flexibility index (Phi) is 3.45. The predicted molar refractivity (Wildman–Crippen MR) is 74.2 cm³/mol. The van der Waals surface area contributed by atoms with Crippen LogP contribution in [0.5, 0.6) is 0 Å². The molecule has 0 spiro atoms. The second kappa shape index (κ2) is 4.88. The van der Waals surface area contributed by atoms with Gasteiger partial charge in [-0.05, 0) is 50.8 Å². The van der Waals surface area contributed by atoms with Crippen LogP contribution in [0.4, 0.5) is 11.4 Å². The van der Waals surface area contributed by atoms with E-state index in [0.29, 0.717) is 22.9 Å². The van der Waals surface area contributed by atoms with E-state index >= 15 is 0 Å². The Morgan fingerprint density at radius 1 is 1.39 bits per heavy atom. The predicted octanol–water partition coefficient (Wildman–Crippen LogP) is 2.11. The Bertz CT molecular complexity index is 452. The molecule has 1 aliphatic carbocycles. The molecule has 0 saturated heterocycles. The van der Waals surface area contributed by atoms with Crippen molar-refractivity contribution in [1.82, 2.24) is 4.90 Å². The summed E-state index contributed by atoms with van der Waals surface area (Å²) in [5.74, 6) is 0.681. The van der Waals surface area contributed by atoms with E-state index in [1.54, 1.807) is 18.2 Å². The van der Waals surface area contributed by atoms with Gasteiger partial charge in [-0.1, -0.05) is 0 Å². The summed E-state index contributed by atoms with van der Waals surface area (Å²) in [7, 11) is 0. The third-order valence-electron chi connectivity index (χ3n) is 3.34. The first-order chi connectivity index (χ1) is 8.49. The summed E-state index contributed by atoms with van der Waals surface area (Å²) in [6.45, 7) is 4.90. The Labute approximate surface area is 108 Å². The number of nitrogens with two attached hydrogens (primary N) is 2. The summed E-state index contributed by atoms with van der Waals surface area (Å²) in [5, 5.41) is 0. The second-order valence-corrected chi connectivity index (χ2v) is 5.34. The van der Waals surface area contributed by atoms with Crippen LogP contribution in [-0.2, 0) is 0 Å². The average Bonchev–Trinajstić information content (AvgIpc) is 3.08. The van der Waals surface area contributed by atoms with Gasteiger partial charge in [-0.15, -0.1) is 0 Å². The maximum absolute atomic E-state index is 12.5. The average molecular weight is 247 g/mol. The highest BCUT2D eigenvalue weighted by Gasteiger charge is 2.29. The molecule has 1 saturated carbocycles. The SMILES string of the molecule is CC(C)N(CC1CC1)C(=O)c1ccc(N)cc1N. The quantitative estimate of drug-likeness (QED) is 0.800. The lowest BCUT2D eigenvalue weighted by Crippen LogP contribution is -2.38. The normalized spacial score (nSPS) is 14.8. The van der Waals surface area contributed by atoms with Gasteiger partial charge in [-0.2, -0.15) is 0 Å². The minimum atomic E-state index is 0.00870. The lowest BCUT2D eigenvalue weighted by molar-refractivity contribution is 0.0697. The number of hydrogen-bond acceptors (Lipinski definition) is 3. The first-order valence-electron chi connectivity index (χ1n) is 6.45. The van der Waals surface area contributed by atoms with Crippen molar-refractivity contribution in [2.24, 2.45) is 5.92 Å². The van der Waals surface area contributed by atoms with E-state index < -0.39 is 0 Å². The summed E-state index contributed by atoms with van der Waals surface area (Å²) < 4.78 is 0. The molecule has 4 heteroatoms. The number of anilines is 2. The van der Waals surface area contributed by atoms with Crippen LogP contribution in [-0.4, -0.2) is 23.4 Å². The number of carbonyl (C=O) groups is 1. The highest BCUT2D eigenvalue weighted by Crippen LogP contribution is 2.31. The van der Waals surface area contributed by atoms with Crippen LogP contribution in [0.3, 0.4) is 0 Å². The minimum Gasteiger partial charge on any atom is -0.399 e. The van der Waals surface area contributed by atoms with E-state index in [1.807, 2.05) is 18.7 Å². The van der Waals surface area contributed by atoms with Crippen molar-refractivity contribution in [3.8, 4) is 0 Å². The number of rotatable bonds is 4. The van der Waals surface area contributed by atoms with Crippen molar-refractivity contribution in [2.45, 2.75) is 32.7 Å². The summed E-state index contributed by atoms with van der Waals surface area (Å²) in [4.78, 5) is 14.4. The van der Waals surface area contributed by atoms with E-state index in [4.69, 9.17) is 11.5 Å². The van der Waals surface area contributed by atoms with Gasteiger partial charge in [0.15, 0.2) is 0 Å². The van der Waals surface area contributed by atoms with Crippen LogP contribution in [0.2, 0.25) is 0 Å². The van der Waals surface area contributed by atoms with Crippen LogP contribution >= 0.6 is 0 Å². The molecular formula is C14H21N3O. The van der Waals surface area contributed by atoms with Gasteiger partial charge in [-0.25, -0.2) is 0 Å². The van der Waals surface area contributed by atoms with E-state index in [-0.39, 0.29) is 11.9 Å². The number of hydrogen-bond donors (Lipinski definition) is 2. The highest BCUT2D eigenvalue weighted by atomic mass is 16.2. The molecule has 0 aliphatic heterocycles. The van der Waals surface area contributed by atoms with E-state index in [0.717, 1.165) is 6.54 Å². The van der Waals surface area contributed by atoms with Crippen LogP contribution < -0.4 is 11.5 Å². The summed E-state index contributed by atoms with van der Waals surface area (Å²) in [5.41, 5.74) is 13.1. The fourth-order valence-electron chi connectivity index (χ4n) is 2.04. The summed E-state index contributed by atoms with van der Waals surface area (Å²) in [6.07, 6.45) is 2.46. The van der Waals surface area contributed by atoms with Crippen LogP contribution in [0.15, 0.2) is 18.2 Å². The Hall–Kier alpha value is -1.71. The van der Waals surface area contributed by atoms with E-state index in [1.165, 1.54) is 12.8 Å². The number of nitrogens with zero attached hydrogens (tertiary/aromatic N) is 1. The largest absolute Gasteiger partial charge is 0.399 e. The molecule has 1 aromatic carbocycles. The standard InChI is InChI=1S/C14H21N3O/c1-9(2)17(8-10-3-4-10)14(18)12-6-5-11(15)7-13(12)16/h5-7,9-10H,3-4,8,15-16H2,1-2H3. The molecule has 0 aromatic heterocycles. The number of benzene rings is 1. The Balaban J connectivity index is 2.20. The van der Waals surface area contributed by atoms with Crippen molar-refractivity contribution in [2.75, 3.05) is 18.0 Å². The maximum Gasteiger partial charge on any atom is 0.256 e. The van der Waals surface area contributed by atoms with Gasteiger partial charge in [-0.3, -0.25) is 4.79 Å². The zero-order chi connectivity index (χ0) is 13.3. The molecule has 1 aromatic rings. The van der Waals surface area contributed by atoms with Crippen molar-refractivity contribution >= 4 is 17.3 Å². The third-order valence-corrected chi connectivity index (χ3v) is 3.34. The number of nitrogen functional groups attached to an aromatic ring is 2. The first-order valence-corrected chi connectivity index (χ1v) is 6.45. The van der Waals surface area contributed by atoms with E-state index in [9.17, 15) is 4.79 Å². The number of carbonyl (C=O) groups excluding carboxylic acids is 1. The van der Waals surface area contributed by atoms with Crippen LogP contribution in [0, 0.1) is 5.92 Å². The number of amides is 1. The van der Waals surface area contributed by atoms with Gasteiger partial charge >= 0.3 is 0 Å². The molecule has 18 heavy (non-hydrogen) atoms. The Morgan fingerprint density at radius 2 is 2.06 bits per heavy atom. The molecular weight excluding hydrogens is 226 g/mol. The molecule has 98 valence electrons. The molecule has 1 amide bonds. The van der Waals surface area contributed by atoms with Gasteiger partial charge < -0.3 is 16.4 Å². The summed E-state index contributed by atoms with van der Waals surface area (Å²) in [6, 6.07) is 5.27. The minimum absolute atomic E-state index is 0.00870. The maximum atomic E-state index is 12.5. The second-order valence-electron chi connectivity index (χ2n) is 5.34. The highest BCUT2D eigenvalue weighted by molar-refractivity contribution is 5.99. The van der Waals surface area contributed by atoms with Gasteiger partial charge in [0.05, 0.1) is 5.56 Å². The zero-order valence-corrected chi connectivity index (χ0v) is 11.0. The van der Waals surface area contributed by atoms with E-state index in [2.05, 4.69) is 0 Å². The van der Waals surface area contributed by atoms with Gasteiger partial charge in [0, 0.05) is 24.0 Å². The molecule has 1 aliphatic rings. The van der Waals surface area contributed by atoms with Crippen molar-refractivity contribution < 1.29 is 4.79 Å². The molecule has 2 rings (SSSR count). The molecule has 0 atom stereocenters. The van der Waals surface area contributed by atoms with Crippen LogP contribution in [0.1, 0.15) is 37.0 Å². The van der Waals surface area contributed by atoms with Crippen LogP contribution in [0.25, 0.3) is 0 Å². The Morgan fingerprint density at radius 3 is 2.56 bits per heavy atom. The van der Waals surface area contributed by atoms with Gasteiger partial charge in [0.2, 0.25) is 0 Å². The molecule has 1 fully saturated rings. The molecule has 4 nitrogen and oxygen atoms in total. The molecule has 0 radical (unpaired) electrons. The molecule has 0 unspecified atom stereocenters. The fourth-order valence-corrected chi connectivity index (χ4v) is 2.04. The molecule has 4 N–H and O–H groups in total. The lowest BCUT2D eigenvalue weighted by Gasteiger charge is -2.27. The third kappa shape index (κ3) is 2.75. The molecule has 0 bridgehead atoms. The summed E-state index contributed by atoms with van der Waals surface area (Å²) >= 11 is 0. The smallest absolute Gasteiger partial charge is 0.256 e. The van der Waals surface area contributed by atoms with Gasteiger partial charge in [0.25, 0.3) is 5.91 Å². The zero-order valence-electron chi connectivity index (χ0n) is 11.0. The fraction of sp³-hybridized carbons (Fsp3) is 0.500. The lowest BCUT2D eigenvalue weighted by atomic mass is 10.1. The monoisotopic (exact) mass is 247 g/mol. The van der Waals surface area contributed by atoms with Crippen molar-refractivity contribution in [1.29, 1.82) is 0 Å². The first kappa shape index (κ1) is 12.7. The van der Waals surface area contributed by atoms with Gasteiger partial charge in [0.1, 0.15) is 0 Å². The molecule has 0 heterocycles. The van der Waals surface area contributed by atoms with Crippen molar-refractivity contribution in [3.05, 3.63) is 23.8 Å². The topological polar surface area (TPSA) is 72.3 Å². The van der Waals surface area contributed by atoms with Crippen molar-refractivity contribution in [3.63, 3.8) is 0 Å².